The molecule has 0 spiro atoms. The highest BCUT2D eigenvalue weighted by Crippen LogP contribution is 2.30. The lowest BCUT2D eigenvalue weighted by Crippen LogP contribution is -2.10. The molecule has 0 unspecified atom stereocenters. The Labute approximate surface area is 199 Å². The molecule has 0 aliphatic rings. The Hall–Kier alpha value is -4.25. The normalized spacial score (nSPS) is 10.5. The maximum absolute atomic E-state index is 10.7. The minimum atomic E-state index is -1.01. The lowest BCUT2D eigenvalue weighted by molar-refractivity contribution is -0.139. The van der Waals surface area contributed by atoms with E-state index in [2.05, 4.69) is 30.3 Å². The molecule has 0 radical (unpaired) electrons. The molecule has 0 atom stereocenters. The zero-order valence-electron chi connectivity index (χ0n) is 19.2. The predicted octanol–water partition coefficient (Wildman–Crippen LogP) is 6.38. The summed E-state index contributed by atoms with van der Waals surface area (Å²) in [5, 5.41) is 8.81. The van der Waals surface area contributed by atoms with E-state index in [9.17, 15) is 4.79 Å². The van der Waals surface area contributed by atoms with Crippen molar-refractivity contribution in [1.29, 1.82) is 0 Å². The molecule has 0 bridgehead atoms. The first-order valence-corrected chi connectivity index (χ1v) is 10.9. The van der Waals surface area contributed by atoms with E-state index in [4.69, 9.17) is 19.3 Å². The molecule has 5 nitrogen and oxygen atoms in total. The third kappa shape index (κ3) is 5.75. The quantitative estimate of drug-likeness (QED) is 0.318. The molecule has 0 fully saturated rings. The maximum atomic E-state index is 10.7. The van der Waals surface area contributed by atoms with E-state index in [0.717, 1.165) is 39.1 Å². The van der Waals surface area contributed by atoms with Crippen LogP contribution in [0.4, 0.5) is 0 Å². The third-order valence-electron chi connectivity index (χ3n) is 5.43. The Balaban J connectivity index is 1.59. The van der Waals surface area contributed by atoms with Crippen LogP contribution in [0.25, 0.3) is 22.3 Å². The van der Waals surface area contributed by atoms with Gasteiger partial charge in [0.05, 0.1) is 7.11 Å². The van der Waals surface area contributed by atoms with E-state index in [-0.39, 0.29) is 6.61 Å². The number of hydrogen-bond donors (Lipinski definition) is 1. The first-order chi connectivity index (χ1) is 16.5. The summed E-state index contributed by atoms with van der Waals surface area (Å²) in [6.45, 7) is 1.88. The molecule has 4 aromatic carbocycles. The molecule has 0 amide bonds. The number of carboxylic acid groups (broad SMARTS) is 1. The minimum absolute atomic E-state index is 0.374. The molecular formula is C29H26O5. The highest BCUT2D eigenvalue weighted by atomic mass is 16.5. The van der Waals surface area contributed by atoms with Gasteiger partial charge in [-0.1, -0.05) is 42.5 Å². The second-order valence-electron chi connectivity index (χ2n) is 7.91. The number of aryl methyl sites for hydroxylation is 1. The van der Waals surface area contributed by atoms with Crippen LogP contribution in [0.2, 0.25) is 0 Å². The molecule has 0 aliphatic carbocycles. The molecule has 0 aliphatic heterocycles. The van der Waals surface area contributed by atoms with Crippen molar-refractivity contribution in [3.8, 4) is 39.5 Å². The second-order valence-corrected chi connectivity index (χ2v) is 7.91. The molecule has 5 heteroatoms. The number of benzene rings is 4. The topological polar surface area (TPSA) is 65.0 Å². The number of ether oxygens (including phenoxy) is 3. The number of rotatable bonds is 9. The summed E-state index contributed by atoms with van der Waals surface area (Å²) in [4.78, 5) is 10.7. The molecule has 172 valence electrons. The van der Waals surface area contributed by atoms with Crippen molar-refractivity contribution in [3.05, 3.63) is 102 Å². The number of aliphatic carboxylic acids is 1. The van der Waals surface area contributed by atoms with Crippen LogP contribution in [0.5, 0.6) is 17.2 Å². The number of carboxylic acids is 1. The number of carbonyl (C=O) groups is 1. The van der Waals surface area contributed by atoms with Gasteiger partial charge in [-0.05, 0) is 88.8 Å². The van der Waals surface area contributed by atoms with Gasteiger partial charge in [-0.25, -0.2) is 4.79 Å². The SMILES string of the molecule is COc1ccc(-c2cc(COc3ccc(OCC(=O)O)c(C)c3)cc(-c3ccccc3)c2)cc1. The van der Waals surface area contributed by atoms with Gasteiger partial charge in [0, 0.05) is 0 Å². The fourth-order valence-electron chi connectivity index (χ4n) is 3.70. The zero-order valence-corrected chi connectivity index (χ0v) is 19.2. The van der Waals surface area contributed by atoms with Crippen LogP contribution >= 0.6 is 0 Å². The zero-order chi connectivity index (χ0) is 23.9. The van der Waals surface area contributed by atoms with Crippen molar-refractivity contribution in [2.24, 2.45) is 0 Å². The smallest absolute Gasteiger partial charge is 0.341 e. The van der Waals surface area contributed by atoms with Crippen molar-refractivity contribution in [2.45, 2.75) is 13.5 Å². The standard InChI is InChI=1S/C29H26O5/c1-20-14-27(12-13-28(20)34-19-29(30)31)33-18-21-15-24(22-6-4-3-5-7-22)17-25(16-21)23-8-10-26(32-2)11-9-23/h3-17H,18-19H2,1-2H3,(H,30,31). The van der Waals surface area contributed by atoms with E-state index in [1.54, 1.807) is 19.2 Å². The maximum Gasteiger partial charge on any atom is 0.341 e. The highest BCUT2D eigenvalue weighted by molar-refractivity contribution is 5.74. The van der Waals surface area contributed by atoms with Crippen LogP contribution in [0.3, 0.4) is 0 Å². The third-order valence-corrected chi connectivity index (χ3v) is 5.43. The van der Waals surface area contributed by atoms with Crippen LogP contribution in [0.1, 0.15) is 11.1 Å². The van der Waals surface area contributed by atoms with Gasteiger partial charge in [-0.2, -0.15) is 0 Å². The predicted molar refractivity (Wildman–Crippen MR) is 133 cm³/mol. The highest BCUT2D eigenvalue weighted by Gasteiger charge is 2.09. The van der Waals surface area contributed by atoms with Gasteiger partial charge in [-0.15, -0.1) is 0 Å². The number of hydrogen-bond acceptors (Lipinski definition) is 4. The fourth-order valence-corrected chi connectivity index (χ4v) is 3.70. The summed E-state index contributed by atoms with van der Waals surface area (Å²) in [5.74, 6) is 1.03. The summed E-state index contributed by atoms with van der Waals surface area (Å²) in [7, 11) is 1.66. The molecule has 1 N–H and O–H groups in total. The van der Waals surface area contributed by atoms with Gasteiger partial charge < -0.3 is 19.3 Å². The lowest BCUT2D eigenvalue weighted by atomic mass is 9.96. The summed E-state index contributed by atoms with van der Waals surface area (Å²) >= 11 is 0. The van der Waals surface area contributed by atoms with E-state index >= 15 is 0 Å². The fraction of sp³-hybridized carbons (Fsp3) is 0.138. The molecule has 34 heavy (non-hydrogen) atoms. The number of methoxy groups -OCH3 is 1. The Bertz CT molecular complexity index is 1260. The Morgan fingerprint density at radius 2 is 1.38 bits per heavy atom. The monoisotopic (exact) mass is 454 g/mol. The van der Waals surface area contributed by atoms with Crippen molar-refractivity contribution in [2.75, 3.05) is 13.7 Å². The Morgan fingerprint density at radius 3 is 2.00 bits per heavy atom. The summed E-state index contributed by atoms with van der Waals surface area (Å²) < 4.78 is 16.7. The summed E-state index contributed by atoms with van der Waals surface area (Å²) in [5.41, 5.74) is 6.29. The molecule has 4 aromatic rings. The minimum Gasteiger partial charge on any atom is -0.497 e. The van der Waals surface area contributed by atoms with Gasteiger partial charge in [0.25, 0.3) is 0 Å². The molecular weight excluding hydrogens is 428 g/mol. The van der Waals surface area contributed by atoms with Gasteiger partial charge in [0.15, 0.2) is 6.61 Å². The van der Waals surface area contributed by atoms with E-state index in [1.165, 1.54) is 0 Å². The molecule has 0 saturated carbocycles. The average molecular weight is 455 g/mol. The lowest BCUT2D eigenvalue weighted by Gasteiger charge is -2.13. The van der Waals surface area contributed by atoms with Crippen LogP contribution in [-0.4, -0.2) is 24.8 Å². The van der Waals surface area contributed by atoms with Gasteiger partial charge in [0.1, 0.15) is 23.9 Å². The molecule has 4 rings (SSSR count). The second kappa shape index (κ2) is 10.6. The summed E-state index contributed by atoms with van der Waals surface area (Å²) in [6, 6.07) is 30.1. The van der Waals surface area contributed by atoms with Crippen molar-refractivity contribution in [1.82, 2.24) is 0 Å². The van der Waals surface area contributed by atoms with Crippen molar-refractivity contribution in [3.63, 3.8) is 0 Å². The van der Waals surface area contributed by atoms with Crippen LogP contribution in [0.15, 0.2) is 91.0 Å². The van der Waals surface area contributed by atoms with Crippen molar-refractivity contribution >= 4 is 5.97 Å². The van der Waals surface area contributed by atoms with Crippen LogP contribution in [0, 0.1) is 6.92 Å². The van der Waals surface area contributed by atoms with Gasteiger partial charge >= 0.3 is 5.97 Å². The molecule has 0 saturated heterocycles. The van der Waals surface area contributed by atoms with E-state index in [1.807, 2.05) is 55.5 Å². The van der Waals surface area contributed by atoms with Gasteiger partial charge in [-0.3, -0.25) is 0 Å². The molecule has 0 aromatic heterocycles. The Kier molecular flexibility index (Phi) is 7.13. The van der Waals surface area contributed by atoms with Crippen molar-refractivity contribution < 1.29 is 24.1 Å². The Morgan fingerprint density at radius 1 is 0.735 bits per heavy atom. The first kappa shape index (κ1) is 22.9. The van der Waals surface area contributed by atoms with E-state index in [0.29, 0.717) is 18.1 Å². The van der Waals surface area contributed by atoms with Crippen LogP contribution in [-0.2, 0) is 11.4 Å². The van der Waals surface area contributed by atoms with Gasteiger partial charge in [0.2, 0.25) is 0 Å². The average Bonchev–Trinajstić information content (AvgIpc) is 2.87. The van der Waals surface area contributed by atoms with E-state index < -0.39 is 5.97 Å². The summed E-state index contributed by atoms with van der Waals surface area (Å²) in [6.07, 6.45) is 0. The first-order valence-electron chi connectivity index (χ1n) is 10.9. The molecule has 0 heterocycles. The largest absolute Gasteiger partial charge is 0.497 e. The van der Waals surface area contributed by atoms with Crippen LogP contribution < -0.4 is 14.2 Å².